The maximum absolute atomic E-state index is 12.7. The molecule has 1 saturated heterocycles. The lowest BCUT2D eigenvalue weighted by atomic mass is 9.84. The molecule has 0 spiro atoms. The van der Waals surface area contributed by atoms with Gasteiger partial charge in [0.2, 0.25) is 5.91 Å². The molecule has 1 aromatic carbocycles. The van der Waals surface area contributed by atoms with E-state index >= 15 is 0 Å². The van der Waals surface area contributed by atoms with E-state index in [-0.39, 0.29) is 29.4 Å². The highest BCUT2D eigenvalue weighted by atomic mass is 32.2. The van der Waals surface area contributed by atoms with Gasteiger partial charge in [0.1, 0.15) is 0 Å². The van der Waals surface area contributed by atoms with Crippen molar-refractivity contribution in [2.75, 3.05) is 11.5 Å². The topological polar surface area (TPSA) is 54.5 Å². The molecule has 1 unspecified atom stereocenters. The van der Waals surface area contributed by atoms with Gasteiger partial charge in [-0.05, 0) is 24.8 Å². The van der Waals surface area contributed by atoms with Crippen LogP contribution in [0.25, 0.3) is 0 Å². The average molecular weight is 307 g/mol. The van der Waals surface area contributed by atoms with Gasteiger partial charge < -0.3 is 4.90 Å². The molecular formula is C16H21NO3S. The number of sulfone groups is 1. The molecule has 2 aliphatic rings. The van der Waals surface area contributed by atoms with E-state index in [4.69, 9.17) is 0 Å². The molecule has 21 heavy (non-hydrogen) atoms. The molecule has 2 fully saturated rings. The Labute approximate surface area is 126 Å². The Morgan fingerprint density at radius 1 is 1.14 bits per heavy atom. The first kappa shape index (κ1) is 14.6. The van der Waals surface area contributed by atoms with Crippen LogP contribution in [0.1, 0.15) is 31.2 Å². The van der Waals surface area contributed by atoms with Gasteiger partial charge in [-0.25, -0.2) is 8.42 Å². The summed E-state index contributed by atoms with van der Waals surface area (Å²) < 4.78 is 23.5. The Morgan fingerprint density at radius 2 is 1.86 bits per heavy atom. The molecule has 1 amide bonds. The second-order valence-corrected chi connectivity index (χ2v) is 8.37. The van der Waals surface area contributed by atoms with Gasteiger partial charge in [-0.2, -0.15) is 0 Å². The summed E-state index contributed by atoms with van der Waals surface area (Å²) in [6, 6.07) is 9.68. The van der Waals surface area contributed by atoms with Crippen molar-refractivity contribution < 1.29 is 13.2 Å². The third kappa shape index (κ3) is 3.28. The van der Waals surface area contributed by atoms with E-state index in [2.05, 4.69) is 0 Å². The van der Waals surface area contributed by atoms with Crippen molar-refractivity contribution in [2.45, 2.75) is 38.3 Å². The molecule has 114 valence electrons. The van der Waals surface area contributed by atoms with E-state index in [1.165, 1.54) is 0 Å². The Balaban J connectivity index is 1.79. The highest BCUT2D eigenvalue weighted by Gasteiger charge is 2.38. The minimum Gasteiger partial charge on any atom is -0.334 e. The van der Waals surface area contributed by atoms with Crippen LogP contribution >= 0.6 is 0 Å². The van der Waals surface area contributed by atoms with Crippen molar-refractivity contribution in [1.29, 1.82) is 0 Å². The molecule has 3 rings (SSSR count). The Morgan fingerprint density at radius 3 is 2.38 bits per heavy atom. The molecule has 0 bridgehead atoms. The summed E-state index contributed by atoms with van der Waals surface area (Å²) in [5.74, 6) is 0.586. The van der Waals surface area contributed by atoms with Gasteiger partial charge in [0.25, 0.3) is 0 Å². The summed E-state index contributed by atoms with van der Waals surface area (Å²) in [6.07, 6.45) is 3.58. The second-order valence-electron chi connectivity index (χ2n) is 6.14. The summed E-state index contributed by atoms with van der Waals surface area (Å²) >= 11 is 0. The first-order chi connectivity index (χ1) is 10.1. The largest absolute Gasteiger partial charge is 0.334 e. The van der Waals surface area contributed by atoms with Gasteiger partial charge in [0.15, 0.2) is 9.84 Å². The monoisotopic (exact) mass is 307 g/mol. The quantitative estimate of drug-likeness (QED) is 0.855. The Bertz CT molecular complexity index is 608. The molecule has 1 atom stereocenters. The van der Waals surface area contributed by atoms with Crippen molar-refractivity contribution in [2.24, 2.45) is 5.92 Å². The van der Waals surface area contributed by atoms with E-state index < -0.39 is 9.84 Å². The summed E-state index contributed by atoms with van der Waals surface area (Å²) in [4.78, 5) is 14.5. The van der Waals surface area contributed by atoms with Crippen LogP contribution in [0.15, 0.2) is 30.3 Å². The fourth-order valence-corrected chi connectivity index (χ4v) is 4.81. The number of nitrogens with zero attached hydrogens (tertiary/aromatic N) is 1. The zero-order valence-corrected chi connectivity index (χ0v) is 12.9. The summed E-state index contributed by atoms with van der Waals surface area (Å²) in [5.41, 5.74) is 1.06. The molecule has 0 radical (unpaired) electrons. The minimum atomic E-state index is -2.97. The van der Waals surface area contributed by atoms with Gasteiger partial charge in [0, 0.05) is 18.5 Å². The maximum atomic E-state index is 12.7. The van der Waals surface area contributed by atoms with Gasteiger partial charge in [-0.1, -0.05) is 36.8 Å². The van der Waals surface area contributed by atoms with E-state index in [0.29, 0.717) is 13.0 Å². The fraction of sp³-hybridized carbons (Fsp3) is 0.562. The molecule has 0 aromatic heterocycles. The number of rotatable bonds is 4. The number of carbonyl (C=O) groups is 1. The summed E-state index contributed by atoms with van der Waals surface area (Å²) in [6.45, 7) is 0.524. The van der Waals surface area contributed by atoms with Crippen LogP contribution in [-0.2, 0) is 21.2 Å². The van der Waals surface area contributed by atoms with Crippen LogP contribution < -0.4 is 0 Å². The van der Waals surface area contributed by atoms with Gasteiger partial charge in [-0.3, -0.25) is 4.79 Å². The predicted octanol–water partition coefficient (Wildman–Crippen LogP) is 2.00. The van der Waals surface area contributed by atoms with E-state index in [1.54, 1.807) is 0 Å². The van der Waals surface area contributed by atoms with Gasteiger partial charge in [-0.15, -0.1) is 0 Å². The lowest BCUT2D eigenvalue weighted by Gasteiger charge is -2.35. The van der Waals surface area contributed by atoms with Crippen molar-refractivity contribution in [1.82, 2.24) is 4.90 Å². The summed E-state index contributed by atoms with van der Waals surface area (Å²) in [7, 11) is -2.97. The molecule has 1 aliphatic heterocycles. The third-order valence-electron chi connectivity index (χ3n) is 4.58. The van der Waals surface area contributed by atoms with Crippen LogP contribution in [0, 0.1) is 5.92 Å². The van der Waals surface area contributed by atoms with Crippen LogP contribution in [0.3, 0.4) is 0 Å². The molecule has 1 aromatic rings. The number of carbonyl (C=O) groups excluding carboxylic acids is 1. The molecule has 1 saturated carbocycles. The SMILES string of the molecule is O=C(C1CCC1)N(Cc1ccccc1)C1CCS(=O)(=O)C1. The van der Waals surface area contributed by atoms with Crippen LogP contribution in [0.2, 0.25) is 0 Å². The number of hydrogen-bond acceptors (Lipinski definition) is 3. The Kier molecular flexibility index (Phi) is 4.02. The molecule has 4 nitrogen and oxygen atoms in total. The van der Waals surface area contributed by atoms with Gasteiger partial charge >= 0.3 is 0 Å². The summed E-state index contributed by atoms with van der Waals surface area (Å²) in [5, 5.41) is 0. The molecule has 1 aliphatic carbocycles. The molecular weight excluding hydrogens is 286 g/mol. The van der Waals surface area contributed by atoms with Gasteiger partial charge in [0.05, 0.1) is 11.5 Å². The lowest BCUT2D eigenvalue weighted by Crippen LogP contribution is -2.45. The van der Waals surface area contributed by atoms with Crippen LogP contribution in [-0.4, -0.2) is 36.8 Å². The van der Waals surface area contributed by atoms with Crippen LogP contribution in [0.4, 0.5) is 0 Å². The van der Waals surface area contributed by atoms with E-state index in [9.17, 15) is 13.2 Å². The smallest absolute Gasteiger partial charge is 0.226 e. The first-order valence-electron chi connectivity index (χ1n) is 7.60. The van der Waals surface area contributed by atoms with E-state index in [0.717, 1.165) is 24.8 Å². The number of benzene rings is 1. The van der Waals surface area contributed by atoms with Crippen molar-refractivity contribution in [3.63, 3.8) is 0 Å². The zero-order chi connectivity index (χ0) is 14.9. The van der Waals surface area contributed by atoms with Crippen molar-refractivity contribution in [3.05, 3.63) is 35.9 Å². The second kappa shape index (κ2) is 5.79. The molecule has 1 heterocycles. The average Bonchev–Trinajstić information content (AvgIpc) is 2.75. The van der Waals surface area contributed by atoms with E-state index in [1.807, 2.05) is 35.2 Å². The third-order valence-corrected chi connectivity index (χ3v) is 6.33. The maximum Gasteiger partial charge on any atom is 0.226 e. The first-order valence-corrected chi connectivity index (χ1v) is 9.42. The number of amides is 1. The van der Waals surface area contributed by atoms with Crippen LogP contribution in [0.5, 0.6) is 0 Å². The molecule has 0 N–H and O–H groups in total. The van der Waals surface area contributed by atoms with Crippen molar-refractivity contribution >= 4 is 15.7 Å². The normalized spacial score (nSPS) is 24.5. The fourth-order valence-electron chi connectivity index (χ4n) is 3.08. The minimum absolute atomic E-state index is 0.108. The predicted molar refractivity (Wildman–Crippen MR) is 81.4 cm³/mol. The van der Waals surface area contributed by atoms with Crippen molar-refractivity contribution in [3.8, 4) is 0 Å². The highest BCUT2D eigenvalue weighted by Crippen LogP contribution is 2.31. The Hall–Kier alpha value is -1.36. The number of hydrogen-bond donors (Lipinski definition) is 0. The lowest BCUT2D eigenvalue weighted by molar-refractivity contribution is -0.140. The standard InChI is InChI=1S/C16H21NO3S/c18-16(14-7-4-8-14)17(11-13-5-2-1-3-6-13)15-9-10-21(19,20)12-15/h1-3,5-6,14-15H,4,7-12H2. The zero-order valence-electron chi connectivity index (χ0n) is 12.1. The highest BCUT2D eigenvalue weighted by molar-refractivity contribution is 7.91. The molecule has 5 heteroatoms.